The van der Waals surface area contributed by atoms with Crippen molar-refractivity contribution in [3.8, 4) is 0 Å². The van der Waals surface area contributed by atoms with Crippen molar-refractivity contribution in [3.63, 3.8) is 0 Å². The van der Waals surface area contributed by atoms with E-state index in [1.54, 1.807) is 0 Å². The Balaban J connectivity index is 1.78. The minimum absolute atomic E-state index is 0.262. The Morgan fingerprint density at radius 3 is 2.60 bits per heavy atom. The molecule has 35 heavy (non-hydrogen) atoms. The fourth-order valence-electron chi connectivity index (χ4n) is 6.09. The molecule has 1 amide bonds. The van der Waals surface area contributed by atoms with Crippen molar-refractivity contribution in [3.05, 3.63) is 72.4 Å². The van der Waals surface area contributed by atoms with Crippen LogP contribution in [0.1, 0.15) is 45.1 Å². The van der Waals surface area contributed by atoms with Gasteiger partial charge in [-0.25, -0.2) is 4.79 Å². The molecule has 1 spiro atoms. The molecule has 4 rings (SSSR count). The SMILES string of the molecule is C=C1[C@@H](O)C2/C=C/C[C@H](C)CCC[C@H](O)/C=C/C(=O)O[C@]23C(=O)N[C@@H](Cc2ccccc2)[C@@H]3[C@@H]1C. The fourth-order valence-corrected chi connectivity index (χ4v) is 6.09. The first-order chi connectivity index (χ1) is 16.7. The number of esters is 1. The normalized spacial score (nSPS) is 40.0. The summed E-state index contributed by atoms with van der Waals surface area (Å²) in [6, 6.07) is 9.59. The van der Waals surface area contributed by atoms with Crippen LogP contribution in [-0.4, -0.2) is 45.9 Å². The minimum atomic E-state index is -1.57. The van der Waals surface area contributed by atoms with E-state index in [4.69, 9.17) is 4.74 Å². The first kappa shape index (κ1) is 25.4. The van der Waals surface area contributed by atoms with Gasteiger partial charge >= 0.3 is 5.97 Å². The van der Waals surface area contributed by atoms with Gasteiger partial charge in [0, 0.05) is 18.0 Å². The van der Waals surface area contributed by atoms with Crippen LogP contribution in [0, 0.1) is 23.7 Å². The van der Waals surface area contributed by atoms with Gasteiger partial charge < -0.3 is 20.3 Å². The van der Waals surface area contributed by atoms with Gasteiger partial charge in [-0.05, 0) is 48.3 Å². The number of ether oxygens (including phenoxy) is 1. The molecule has 0 bridgehead atoms. The number of aliphatic hydroxyl groups excluding tert-OH is 2. The predicted molar refractivity (Wildman–Crippen MR) is 134 cm³/mol. The fraction of sp³-hybridized carbons (Fsp3) is 0.517. The predicted octanol–water partition coefficient (Wildman–Crippen LogP) is 3.49. The molecule has 8 atom stereocenters. The zero-order valence-electron chi connectivity index (χ0n) is 20.6. The topological polar surface area (TPSA) is 95.9 Å². The highest BCUT2D eigenvalue weighted by Crippen LogP contribution is 2.52. The second-order valence-corrected chi connectivity index (χ2v) is 10.5. The molecule has 1 unspecified atom stereocenters. The summed E-state index contributed by atoms with van der Waals surface area (Å²) in [6.45, 7) is 8.27. The van der Waals surface area contributed by atoms with Gasteiger partial charge in [0.05, 0.1) is 18.1 Å². The highest BCUT2D eigenvalue weighted by molar-refractivity contribution is 5.94. The molecule has 3 aliphatic rings. The summed E-state index contributed by atoms with van der Waals surface area (Å²) in [4.78, 5) is 26.8. The zero-order chi connectivity index (χ0) is 25.2. The molecule has 6 nitrogen and oxygen atoms in total. The lowest BCUT2D eigenvalue weighted by atomic mass is 9.59. The number of aliphatic hydroxyl groups is 2. The van der Waals surface area contributed by atoms with Gasteiger partial charge in [-0.15, -0.1) is 0 Å². The standard InChI is InChI=1S/C29H37NO5/c1-18-9-7-13-22(31)15-16-25(32)35-29-23(14-8-10-18)27(33)20(3)19(2)26(29)24(30-28(29)34)17-21-11-5-4-6-12-21/h4-6,8,11-12,14-16,18-19,22-24,26-27,31,33H,3,7,9-10,13,17H2,1-2H3,(H,30,34)/b14-8+,16-15+/t18-,19-,22+,23?,24+,26+,27-,29-/m1/s1. The Kier molecular flexibility index (Phi) is 7.62. The van der Waals surface area contributed by atoms with Crippen LogP contribution < -0.4 is 5.32 Å². The second-order valence-electron chi connectivity index (χ2n) is 10.5. The van der Waals surface area contributed by atoms with Crippen LogP contribution in [0.15, 0.2) is 66.8 Å². The molecule has 2 aliphatic heterocycles. The van der Waals surface area contributed by atoms with Gasteiger partial charge in [-0.1, -0.05) is 75.8 Å². The Labute approximate surface area is 207 Å². The van der Waals surface area contributed by atoms with Crippen LogP contribution >= 0.6 is 0 Å². The molecule has 2 heterocycles. The molecule has 1 aromatic carbocycles. The molecule has 1 saturated heterocycles. The van der Waals surface area contributed by atoms with Gasteiger partial charge in [0.2, 0.25) is 5.60 Å². The number of benzene rings is 1. The first-order valence-corrected chi connectivity index (χ1v) is 12.7. The van der Waals surface area contributed by atoms with Crippen LogP contribution in [0.25, 0.3) is 0 Å². The van der Waals surface area contributed by atoms with E-state index in [1.165, 1.54) is 12.2 Å². The van der Waals surface area contributed by atoms with Crippen molar-refractivity contribution < 1.29 is 24.5 Å². The van der Waals surface area contributed by atoms with Crippen molar-refractivity contribution in [2.24, 2.45) is 23.7 Å². The third-order valence-electron chi connectivity index (χ3n) is 8.04. The summed E-state index contributed by atoms with van der Waals surface area (Å²) in [5.74, 6) is -2.13. The summed E-state index contributed by atoms with van der Waals surface area (Å²) in [5.41, 5.74) is 0.136. The lowest BCUT2D eigenvalue weighted by Crippen LogP contribution is -2.61. The molecule has 0 aromatic heterocycles. The number of amides is 1. The summed E-state index contributed by atoms with van der Waals surface area (Å²) in [7, 11) is 0. The number of carbonyl (C=O) groups excluding carboxylic acids is 2. The van der Waals surface area contributed by atoms with E-state index in [1.807, 2.05) is 49.4 Å². The lowest BCUT2D eigenvalue weighted by molar-refractivity contribution is -0.182. The molecule has 1 saturated carbocycles. The molecule has 6 heteroatoms. The van der Waals surface area contributed by atoms with E-state index in [2.05, 4.69) is 18.8 Å². The van der Waals surface area contributed by atoms with Crippen molar-refractivity contribution in [2.75, 3.05) is 0 Å². The number of hydrogen-bond acceptors (Lipinski definition) is 5. The van der Waals surface area contributed by atoms with E-state index < -0.39 is 35.6 Å². The minimum Gasteiger partial charge on any atom is -0.445 e. The number of rotatable bonds is 2. The van der Waals surface area contributed by atoms with Gasteiger partial charge in [0.1, 0.15) is 0 Å². The summed E-state index contributed by atoms with van der Waals surface area (Å²) >= 11 is 0. The van der Waals surface area contributed by atoms with Crippen LogP contribution in [-0.2, 0) is 20.7 Å². The average Bonchev–Trinajstić information content (AvgIpc) is 3.09. The third kappa shape index (κ3) is 5.00. The molecular weight excluding hydrogens is 442 g/mol. The number of allylic oxidation sites excluding steroid dienone is 1. The average molecular weight is 480 g/mol. The van der Waals surface area contributed by atoms with Crippen molar-refractivity contribution in [2.45, 2.75) is 69.8 Å². The molecule has 3 N–H and O–H groups in total. The number of carbonyl (C=O) groups is 2. The third-order valence-corrected chi connectivity index (χ3v) is 8.04. The van der Waals surface area contributed by atoms with E-state index in [-0.39, 0.29) is 17.9 Å². The smallest absolute Gasteiger partial charge is 0.331 e. The van der Waals surface area contributed by atoms with Gasteiger partial charge in [0.25, 0.3) is 5.91 Å². The monoisotopic (exact) mass is 479 g/mol. The maximum absolute atomic E-state index is 13.7. The van der Waals surface area contributed by atoms with E-state index in [9.17, 15) is 19.8 Å². The molecule has 1 aromatic rings. The lowest BCUT2D eigenvalue weighted by Gasteiger charge is -2.49. The summed E-state index contributed by atoms with van der Waals surface area (Å²) in [6.07, 6.45) is 8.39. The Hall–Kier alpha value is -2.70. The van der Waals surface area contributed by atoms with Crippen molar-refractivity contribution >= 4 is 11.9 Å². The Morgan fingerprint density at radius 1 is 1.11 bits per heavy atom. The van der Waals surface area contributed by atoms with E-state index in [0.717, 1.165) is 24.8 Å². The van der Waals surface area contributed by atoms with Gasteiger partial charge in [-0.2, -0.15) is 0 Å². The molecule has 2 fully saturated rings. The largest absolute Gasteiger partial charge is 0.445 e. The van der Waals surface area contributed by atoms with Crippen LogP contribution in [0.2, 0.25) is 0 Å². The molecule has 188 valence electrons. The van der Waals surface area contributed by atoms with E-state index >= 15 is 0 Å². The number of hydrogen-bond donors (Lipinski definition) is 3. The number of nitrogens with one attached hydrogen (secondary N) is 1. The van der Waals surface area contributed by atoms with Crippen molar-refractivity contribution in [1.82, 2.24) is 5.32 Å². The Bertz CT molecular complexity index is 1000. The second kappa shape index (κ2) is 10.5. The van der Waals surface area contributed by atoms with Gasteiger partial charge in [-0.3, -0.25) is 4.79 Å². The maximum atomic E-state index is 13.7. The first-order valence-electron chi connectivity index (χ1n) is 12.7. The van der Waals surface area contributed by atoms with Crippen molar-refractivity contribution in [1.29, 1.82) is 0 Å². The highest BCUT2D eigenvalue weighted by Gasteiger charge is 2.67. The van der Waals surface area contributed by atoms with Crippen LogP contribution in [0.4, 0.5) is 0 Å². The van der Waals surface area contributed by atoms with Crippen LogP contribution in [0.3, 0.4) is 0 Å². The van der Waals surface area contributed by atoms with E-state index in [0.29, 0.717) is 24.3 Å². The Morgan fingerprint density at radius 2 is 1.86 bits per heavy atom. The highest BCUT2D eigenvalue weighted by atomic mass is 16.6. The molecule has 0 radical (unpaired) electrons. The molecular formula is C29H37NO5. The van der Waals surface area contributed by atoms with Gasteiger partial charge in [0.15, 0.2) is 0 Å². The summed E-state index contributed by atoms with van der Waals surface area (Å²) in [5, 5.41) is 24.7. The molecule has 1 aliphatic carbocycles. The summed E-state index contributed by atoms with van der Waals surface area (Å²) < 4.78 is 6.05. The zero-order valence-corrected chi connectivity index (χ0v) is 20.6. The maximum Gasteiger partial charge on any atom is 0.331 e. The van der Waals surface area contributed by atoms with Crippen LogP contribution in [0.5, 0.6) is 0 Å². The quantitative estimate of drug-likeness (QED) is 0.446.